The van der Waals surface area contributed by atoms with Crippen molar-refractivity contribution in [1.29, 1.82) is 0 Å². The Kier molecular flexibility index (Phi) is 6.00. The summed E-state index contributed by atoms with van der Waals surface area (Å²) in [6, 6.07) is 6.36. The van der Waals surface area contributed by atoms with E-state index in [-0.39, 0.29) is 0 Å². The molecule has 0 saturated carbocycles. The molecule has 1 atom stereocenters. The fourth-order valence-electron chi connectivity index (χ4n) is 1.83. The molecule has 0 saturated heterocycles. The quantitative estimate of drug-likeness (QED) is 0.837. The van der Waals surface area contributed by atoms with Crippen LogP contribution in [0.1, 0.15) is 19.4 Å². The van der Waals surface area contributed by atoms with E-state index in [1.54, 1.807) is 0 Å². The summed E-state index contributed by atoms with van der Waals surface area (Å²) in [5.41, 5.74) is 2.52. The van der Waals surface area contributed by atoms with E-state index >= 15 is 0 Å². The second-order valence-electron chi connectivity index (χ2n) is 4.90. The molecule has 1 rings (SSSR count). The minimum atomic E-state index is 0.651. The molecule has 3 heteroatoms. The van der Waals surface area contributed by atoms with Gasteiger partial charge in [-0.05, 0) is 50.0 Å². The number of benzene rings is 1. The molecule has 0 aliphatic heterocycles. The molecule has 0 spiro atoms. The Hall–Kier alpha value is -0.540. The molecule has 96 valence electrons. The standard InChI is InChI=1S/C14H23BrN2/c1-10(2)12(8-16-4)9-17-14-7-13(15)6-5-11(14)3/h5-7,10,12,16-17H,8-9H2,1-4H3. The zero-order valence-corrected chi connectivity index (χ0v) is 12.8. The van der Waals surface area contributed by atoms with Gasteiger partial charge in [-0.15, -0.1) is 0 Å². The molecule has 0 amide bonds. The zero-order chi connectivity index (χ0) is 12.8. The number of hydrogen-bond acceptors (Lipinski definition) is 2. The molecular formula is C14H23BrN2. The van der Waals surface area contributed by atoms with Crippen molar-refractivity contribution < 1.29 is 0 Å². The van der Waals surface area contributed by atoms with E-state index in [2.05, 4.69) is 65.5 Å². The van der Waals surface area contributed by atoms with E-state index in [1.165, 1.54) is 11.3 Å². The van der Waals surface area contributed by atoms with Crippen molar-refractivity contribution in [2.75, 3.05) is 25.5 Å². The molecule has 0 aliphatic carbocycles. The van der Waals surface area contributed by atoms with Crippen LogP contribution in [0, 0.1) is 18.8 Å². The number of rotatable bonds is 6. The van der Waals surface area contributed by atoms with E-state index in [4.69, 9.17) is 0 Å². The Morgan fingerprint density at radius 3 is 2.53 bits per heavy atom. The molecule has 0 bridgehead atoms. The monoisotopic (exact) mass is 298 g/mol. The molecule has 1 aromatic carbocycles. The molecule has 0 radical (unpaired) electrons. The van der Waals surface area contributed by atoms with Crippen molar-refractivity contribution in [1.82, 2.24) is 5.32 Å². The van der Waals surface area contributed by atoms with Crippen LogP contribution in [0.5, 0.6) is 0 Å². The second kappa shape index (κ2) is 7.02. The largest absolute Gasteiger partial charge is 0.384 e. The minimum absolute atomic E-state index is 0.651. The Morgan fingerprint density at radius 1 is 1.24 bits per heavy atom. The number of halogens is 1. The normalized spacial score (nSPS) is 12.8. The van der Waals surface area contributed by atoms with Gasteiger partial charge in [0.2, 0.25) is 0 Å². The predicted molar refractivity (Wildman–Crippen MR) is 79.6 cm³/mol. The summed E-state index contributed by atoms with van der Waals surface area (Å²) in [7, 11) is 2.01. The molecule has 2 nitrogen and oxygen atoms in total. The van der Waals surface area contributed by atoms with Gasteiger partial charge in [0.1, 0.15) is 0 Å². The molecule has 0 aliphatic rings. The summed E-state index contributed by atoms with van der Waals surface area (Å²) in [5.74, 6) is 1.33. The first kappa shape index (κ1) is 14.5. The van der Waals surface area contributed by atoms with Crippen LogP contribution < -0.4 is 10.6 Å². The van der Waals surface area contributed by atoms with Gasteiger partial charge in [0.15, 0.2) is 0 Å². The molecule has 1 aromatic rings. The summed E-state index contributed by atoms with van der Waals surface area (Å²) in [4.78, 5) is 0. The maximum atomic E-state index is 3.55. The van der Waals surface area contributed by atoms with Crippen molar-refractivity contribution >= 4 is 21.6 Å². The first-order valence-electron chi connectivity index (χ1n) is 6.19. The summed E-state index contributed by atoms with van der Waals surface area (Å²) < 4.78 is 1.13. The van der Waals surface area contributed by atoms with Crippen LogP contribution in [0.15, 0.2) is 22.7 Å². The Bertz CT molecular complexity index is 350. The van der Waals surface area contributed by atoms with Crippen LogP contribution >= 0.6 is 15.9 Å². The maximum Gasteiger partial charge on any atom is 0.0381 e. The van der Waals surface area contributed by atoms with E-state index in [0.717, 1.165) is 17.6 Å². The van der Waals surface area contributed by atoms with E-state index in [0.29, 0.717) is 11.8 Å². The van der Waals surface area contributed by atoms with Crippen molar-refractivity contribution in [2.45, 2.75) is 20.8 Å². The van der Waals surface area contributed by atoms with Gasteiger partial charge in [-0.2, -0.15) is 0 Å². The summed E-state index contributed by atoms with van der Waals surface area (Å²) in [5, 5.41) is 6.81. The smallest absolute Gasteiger partial charge is 0.0381 e. The first-order valence-corrected chi connectivity index (χ1v) is 6.98. The molecule has 1 unspecified atom stereocenters. The van der Waals surface area contributed by atoms with Gasteiger partial charge >= 0.3 is 0 Å². The number of nitrogens with one attached hydrogen (secondary N) is 2. The molecule has 0 fully saturated rings. The zero-order valence-electron chi connectivity index (χ0n) is 11.2. The molecular weight excluding hydrogens is 276 g/mol. The maximum absolute atomic E-state index is 3.55. The molecule has 0 aromatic heterocycles. The highest BCUT2D eigenvalue weighted by atomic mass is 79.9. The fourth-order valence-corrected chi connectivity index (χ4v) is 2.19. The third kappa shape index (κ3) is 4.68. The minimum Gasteiger partial charge on any atom is -0.384 e. The van der Waals surface area contributed by atoms with Crippen LogP contribution in [0.4, 0.5) is 5.69 Å². The van der Waals surface area contributed by atoms with Crippen LogP contribution in [0.25, 0.3) is 0 Å². The van der Waals surface area contributed by atoms with Crippen LogP contribution in [0.2, 0.25) is 0 Å². The molecule has 2 N–H and O–H groups in total. The highest BCUT2D eigenvalue weighted by Gasteiger charge is 2.12. The van der Waals surface area contributed by atoms with Gasteiger partial charge in [0, 0.05) is 16.7 Å². The average molecular weight is 299 g/mol. The average Bonchev–Trinajstić information content (AvgIpc) is 2.28. The first-order chi connectivity index (χ1) is 8.04. The van der Waals surface area contributed by atoms with Crippen molar-refractivity contribution in [3.63, 3.8) is 0 Å². The second-order valence-corrected chi connectivity index (χ2v) is 5.82. The van der Waals surface area contributed by atoms with E-state index in [1.807, 2.05) is 7.05 Å². The highest BCUT2D eigenvalue weighted by molar-refractivity contribution is 9.10. The highest BCUT2D eigenvalue weighted by Crippen LogP contribution is 2.21. The summed E-state index contributed by atoms with van der Waals surface area (Å²) >= 11 is 3.51. The van der Waals surface area contributed by atoms with Crippen LogP contribution in [0.3, 0.4) is 0 Å². The Morgan fingerprint density at radius 2 is 1.94 bits per heavy atom. The lowest BCUT2D eigenvalue weighted by Gasteiger charge is -2.22. The predicted octanol–water partition coefficient (Wildman–Crippen LogP) is 3.66. The number of hydrogen-bond donors (Lipinski definition) is 2. The van der Waals surface area contributed by atoms with Gasteiger partial charge in [0.05, 0.1) is 0 Å². The van der Waals surface area contributed by atoms with Gasteiger partial charge in [0.25, 0.3) is 0 Å². The van der Waals surface area contributed by atoms with Gasteiger partial charge in [-0.1, -0.05) is 35.8 Å². The number of aryl methyl sites for hydroxylation is 1. The van der Waals surface area contributed by atoms with Gasteiger partial charge < -0.3 is 10.6 Å². The fraction of sp³-hybridized carbons (Fsp3) is 0.571. The lowest BCUT2D eigenvalue weighted by Crippen LogP contribution is -2.29. The Labute approximate surface area is 113 Å². The van der Waals surface area contributed by atoms with Gasteiger partial charge in [-0.3, -0.25) is 0 Å². The van der Waals surface area contributed by atoms with Crippen molar-refractivity contribution in [3.8, 4) is 0 Å². The Balaban J connectivity index is 2.61. The van der Waals surface area contributed by atoms with Crippen molar-refractivity contribution in [2.24, 2.45) is 11.8 Å². The summed E-state index contributed by atoms with van der Waals surface area (Å²) in [6.07, 6.45) is 0. The molecule has 17 heavy (non-hydrogen) atoms. The lowest BCUT2D eigenvalue weighted by atomic mass is 9.95. The van der Waals surface area contributed by atoms with E-state index in [9.17, 15) is 0 Å². The van der Waals surface area contributed by atoms with Crippen molar-refractivity contribution in [3.05, 3.63) is 28.2 Å². The lowest BCUT2D eigenvalue weighted by molar-refractivity contribution is 0.390. The molecule has 0 heterocycles. The third-order valence-corrected chi connectivity index (χ3v) is 3.66. The van der Waals surface area contributed by atoms with Gasteiger partial charge in [-0.25, -0.2) is 0 Å². The van der Waals surface area contributed by atoms with Crippen LogP contribution in [-0.4, -0.2) is 20.1 Å². The summed E-state index contributed by atoms with van der Waals surface area (Å²) in [6.45, 7) is 8.75. The van der Waals surface area contributed by atoms with E-state index < -0.39 is 0 Å². The third-order valence-electron chi connectivity index (χ3n) is 3.16. The topological polar surface area (TPSA) is 24.1 Å². The SMILES string of the molecule is CNCC(CNc1cc(Br)ccc1C)C(C)C. The number of anilines is 1. The van der Waals surface area contributed by atoms with Crippen LogP contribution in [-0.2, 0) is 0 Å².